The maximum Gasteiger partial charge on any atom is 0.223 e. The van der Waals surface area contributed by atoms with Crippen LogP contribution < -0.4 is 5.32 Å². The fourth-order valence-electron chi connectivity index (χ4n) is 3.42. The SMILES string of the molecule is O=C1CC[C@@H]2CNCCC[C@H]2N1Cc1ccccc1. The van der Waals surface area contributed by atoms with Crippen LogP contribution in [0.5, 0.6) is 0 Å². The quantitative estimate of drug-likeness (QED) is 0.882. The van der Waals surface area contributed by atoms with Gasteiger partial charge in [0.1, 0.15) is 0 Å². The number of hydrogen-bond donors (Lipinski definition) is 1. The fourth-order valence-corrected chi connectivity index (χ4v) is 3.42. The van der Waals surface area contributed by atoms with Gasteiger partial charge in [-0.1, -0.05) is 30.3 Å². The van der Waals surface area contributed by atoms with Crippen LogP contribution in [0.25, 0.3) is 0 Å². The molecule has 0 unspecified atom stereocenters. The first kappa shape index (κ1) is 12.7. The summed E-state index contributed by atoms with van der Waals surface area (Å²) >= 11 is 0. The topological polar surface area (TPSA) is 32.3 Å². The first-order chi connectivity index (χ1) is 9.34. The zero-order chi connectivity index (χ0) is 13.1. The predicted molar refractivity (Wildman–Crippen MR) is 75.6 cm³/mol. The van der Waals surface area contributed by atoms with E-state index in [1.807, 2.05) is 6.07 Å². The summed E-state index contributed by atoms with van der Waals surface area (Å²) in [5, 5.41) is 3.51. The van der Waals surface area contributed by atoms with Crippen LogP contribution in [0.1, 0.15) is 31.2 Å². The number of nitrogens with zero attached hydrogens (tertiary/aromatic N) is 1. The Balaban J connectivity index is 1.78. The fraction of sp³-hybridized carbons (Fsp3) is 0.562. The number of amides is 1. The zero-order valence-electron chi connectivity index (χ0n) is 11.3. The van der Waals surface area contributed by atoms with Gasteiger partial charge in [-0.15, -0.1) is 0 Å². The molecule has 1 N–H and O–H groups in total. The highest BCUT2D eigenvalue weighted by atomic mass is 16.2. The highest BCUT2D eigenvalue weighted by molar-refractivity contribution is 5.77. The van der Waals surface area contributed by atoms with Crippen molar-refractivity contribution in [1.29, 1.82) is 0 Å². The minimum Gasteiger partial charge on any atom is -0.335 e. The summed E-state index contributed by atoms with van der Waals surface area (Å²) in [7, 11) is 0. The van der Waals surface area contributed by atoms with Crippen LogP contribution >= 0.6 is 0 Å². The molecule has 2 aliphatic heterocycles. The molecule has 2 saturated heterocycles. The van der Waals surface area contributed by atoms with Gasteiger partial charge in [0.25, 0.3) is 0 Å². The zero-order valence-corrected chi connectivity index (χ0v) is 11.3. The third-order valence-electron chi connectivity index (χ3n) is 4.45. The minimum atomic E-state index is 0.340. The number of hydrogen-bond acceptors (Lipinski definition) is 2. The lowest BCUT2D eigenvalue weighted by Crippen LogP contribution is -2.49. The lowest BCUT2D eigenvalue weighted by molar-refractivity contribution is -0.139. The molecular weight excluding hydrogens is 236 g/mol. The van der Waals surface area contributed by atoms with E-state index in [4.69, 9.17) is 0 Å². The Labute approximate surface area is 115 Å². The largest absolute Gasteiger partial charge is 0.335 e. The van der Waals surface area contributed by atoms with E-state index in [0.29, 0.717) is 17.9 Å². The number of likely N-dealkylation sites (tertiary alicyclic amines) is 1. The molecule has 3 heteroatoms. The Morgan fingerprint density at radius 2 is 2.05 bits per heavy atom. The first-order valence-electron chi connectivity index (χ1n) is 7.39. The summed E-state index contributed by atoms with van der Waals surface area (Å²) in [6.07, 6.45) is 4.10. The van der Waals surface area contributed by atoms with E-state index in [-0.39, 0.29) is 0 Å². The second-order valence-electron chi connectivity index (χ2n) is 5.72. The summed E-state index contributed by atoms with van der Waals surface area (Å²) in [5.74, 6) is 0.982. The van der Waals surface area contributed by atoms with Crippen molar-refractivity contribution < 1.29 is 4.79 Å². The van der Waals surface area contributed by atoms with Gasteiger partial charge in [-0.3, -0.25) is 4.79 Å². The number of rotatable bonds is 2. The molecule has 0 spiro atoms. The average Bonchev–Trinajstić information content (AvgIpc) is 2.69. The summed E-state index contributed by atoms with van der Waals surface area (Å²) in [6.45, 7) is 2.95. The molecule has 2 aliphatic rings. The van der Waals surface area contributed by atoms with E-state index < -0.39 is 0 Å². The Hall–Kier alpha value is -1.35. The minimum absolute atomic E-state index is 0.340. The summed E-state index contributed by atoms with van der Waals surface area (Å²) < 4.78 is 0. The van der Waals surface area contributed by atoms with Gasteiger partial charge in [-0.05, 0) is 43.8 Å². The molecule has 0 aliphatic carbocycles. The second kappa shape index (κ2) is 5.74. The molecule has 2 atom stereocenters. The number of benzene rings is 1. The van der Waals surface area contributed by atoms with E-state index in [0.717, 1.165) is 38.9 Å². The molecule has 0 saturated carbocycles. The summed E-state index contributed by atoms with van der Waals surface area (Å²) in [4.78, 5) is 14.4. The standard InChI is InChI=1S/C16H22N2O/c19-16-9-8-14-11-17-10-4-7-15(14)18(16)12-13-5-2-1-3-6-13/h1-3,5-6,14-15,17H,4,7-12H2/t14-,15-/m1/s1. The Bertz CT molecular complexity index is 432. The lowest BCUT2D eigenvalue weighted by Gasteiger charge is -2.40. The van der Waals surface area contributed by atoms with Gasteiger partial charge in [-0.2, -0.15) is 0 Å². The predicted octanol–water partition coefficient (Wildman–Crippen LogP) is 2.18. The van der Waals surface area contributed by atoms with Crippen molar-refractivity contribution in [3.63, 3.8) is 0 Å². The second-order valence-corrected chi connectivity index (χ2v) is 5.72. The maximum atomic E-state index is 12.3. The molecule has 19 heavy (non-hydrogen) atoms. The van der Waals surface area contributed by atoms with Gasteiger partial charge in [-0.25, -0.2) is 0 Å². The average molecular weight is 258 g/mol. The van der Waals surface area contributed by atoms with Gasteiger partial charge >= 0.3 is 0 Å². The van der Waals surface area contributed by atoms with Crippen LogP contribution in [0.4, 0.5) is 0 Å². The Kier molecular flexibility index (Phi) is 3.83. The van der Waals surface area contributed by atoms with Gasteiger partial charge < -0.3 is 10.2 Å². The van der Waals surface area contributed by atoms with Gasteiger partial charge in [0.15, 0.2) is 0 Å². The van der Waals surface area contributed by atoms with Crippen LogP contribution in [0.3, 0.4) is 0 Å². The van der Waals surface area contributed by atoms with Gasteiger partial charge in [0.05, 0.1) is 0 Å². The van der Waals surface area contributed by atoms with Gasteiger partial charge in [0.2, 0.25) is 5.91 Å². The van der Waals surface area contributed by atoms with Crippen molar-refractivity contribution in [2.24, 2.45) is 5.92 Å². The molecule has 2 fully saturated rings. The number of nitrogens with one attached hydrogen (secondary N) is 1. The Morgan fingerprint density at radius 3 is 2.89 bits per heavy atom. The molecule has 0 bridgehead atoms. The number of piperidine rings is 1. The van der Waals surface area contributed by atoms with Crippen molar-refractivity contribution >= 4 is 5.91 Å². The smallest absolute Gasteiger partial charge is 0.223 e. The molecule has 0 aromatic heterocycles. The molecule has 3 nitrogen and oxygen atoms in total. The monoisotopic (exact) mass is 258 g/mol. The molecular formula is C16H22N2O. The third-order valence-corrected chi connectivity index (χ3v) is 4.45. The van der Waals surface area contributed by atoms with Crippen molar-refractivity contribution in [3.8, 4) is 0 Å². The molecule has 102 valence electrons. The van der Waals surface area contributed by atoms with Gasteiger partial charge in [0, 0.05) is 19.0 Å². The number of carbonyl (C=O) groups excluding carboxylic acids is 1. The van der Waals surface area contributed by atoms with E-state index in [9.17, 15) is 4.79 Å². The highest BCUT2D eigenvalue weighted by Crippen LogP contribution is 2.30. The first-order valence-corrected chi connectivity index (χ1v) is 7.39. The third kappa shape index (κ3) is 2.81. The van der Waals surface area contributed by atoms with E-state index in [2.05, 4.69) is 34.5 Å². The summed E-state index contributed by atoms with van der Waals surface area (Å²) in [6, 6.07) is 10.8. The van der Waals surface area contributed by atoms with Crippen LogP contribution in [0.2, 0.25) is 0 Å². The Morgan fingerprint density at radius 1 is 1.21 bits per heavy atom. The maximum absolute atomic E-state index is 12.3. The van der Waals surface area contributed by atoms with Crippen molar-refractivity contribution in [2.45, 2.75) is 38.3 Å². The highest BCUT2D eigenvalue weighted by Gasteiger charge is 2.35. The lowest BCUT2D eigenvalue weighted by atomic mass is 9.86. The van der Waals surface area contributed by atoms with Crippen molar-refractivity contribution in [2.75, 3.05) is 13.1 Å². The van der Waals surface area contributed by atoms with E-state index >= 15 is 0 Å². The normalized spacial score (nSPS) is 27.8. The molecule has 3 rings (SSSR count). The number of fused-ring (bicyclic) bond motifs is 1. The van der Waals surface area contributed by atoms with Crippen LogP contribution in [-0.4, -0.2) is 29.9 Å². The van der Waals surface area contributed by atoms with E-state index in [1.54, 1.807) is 0 Å². The number of carbonyl (C=O) groups is 1. The van der Waals surface area contributed by atoms with Crippen LogP contribution in [0.15, 0.2) is 30.3 Å². The molecule has 2 heterocycles. The molecule has 1 aromatic rings. The molecule has 1 amide bonds. The summed E-state index contributed by atoms with van der Waals surface area (Å²) in [5.41, 5.74) is 1.24. The van der Waals surface area contributed by atoms with E-state index in [1.165, 1.54) is 12.0 Å². The van der Waals surface area contributed by atoms with Crippen molar-refractivity contribution in [3.05, 3.63) is 35.9 Å². The molecule has 1 aromatic carbocycles. The van der Waals surface area contributed by atoms with Crippen LogP contribution in [-0.2, 0) is 11.3 Å². The van der Waals surface area contributed by atoms with Crippen molar-refractivity contribution in [1.82, 2.24) is 10.2 Å². The van der Waals surface area contributed by atoms with Crippen LogP contribution in [0, 0.1) is 5.92 Å². The molecule has 0 radical (unpaired) electrons.